The van der Waals surface area contributed by atoms with Crippen LogP contribution < -0.4 is 0 Å². The number of phosphoric acid groups is 1. The minimum atomic E-state index is -6.52. The SMILES string of the molecule is CCOP(=O)(O)OCC(F)(F)C(F)(F)C(F)(F)F. The molecule has 0 aromatic heterocycles. The van der Waals surface area contributed by atoms with E-state index in [1.807, 2.05) is 0 Å². The zero-order valence-corrected chi connectivity index (χ0v) is 9.57. The molecule has 0 aromatic rings. The summed E-state index contributed by atoms with van der Waals surface area (Å²) in [5, 5.41) is 0. The fraction of sp³-hybridized carbons (Fsp3) is 1.00. The van der Waals surface area contributed by atoms with Crippen molar-refractivity contribution in [1.82, 2.24) is 0 Å². The zero-order valence-electron chi connectivity index (χ0n) is 8.68. The van der Waals surface area contributed by atoms with Crippen LogP contribution in [0.25, 0.3) is 0 Å². The van der Waals surface area contributed by atoms with E-state index in [0.29, 0.717) is 0 Å². The summed E-state index contributed by atoms with van der Waals surface area (Å²) in [4.78, 5) is 8.60. The first kappa shape index (κ1) is 17.6. The number of phosphoric ester groups is 1. The molecule has 1 atom stereocenters. The van der Waals surface area contributed by atoms with Crippen molar-refractivity contribution in [2.24, 2.45) is 0 Å². The normalized spacial score (nSPS) is 17.6. The second kappa shape index (κ2) is 5.32. The molecular formula is C6H8F7O4P. The number of hydrogen-bond acceptors (Lipinski definition) is 3. The van der Waals surface area contributed by atoms with Gasteiger partial charge in [-0.2, -0.15) is 30.7 Å². The Balaban J connectivity index is 4.83. The summed E-state index contributed by atoms with van der Waals surface area (Å²) >= 11 is 0. The van der Waals surface area contributed by atoms with Gasteiger partial charge in [0.15, 0.2) is 0 Å². The van der Waals surface area contributed by atoms with Gasteiger partial charge in [0.05, 0.1) is 6.61 Å². The highest BCUT2D eigenvalue weighted by atomic mass is 31.2. The van der Waals surface area contributed by atoms with E-state index in [1.165, 1.54) is 0 Å². The van der Waals surface area contributed by atoms with E-state index in [4.69, 9.17) is 4.89 Å². The van der Waals surface area contributed by atoms with Crippen molar-refractivity contribution >= 4 is 7.82 Å². The molecule has 0 aliphatic heterocycles. The summed E-state index contributed by atoms with van der Waals surface area (Å²) in [5.74, 6) is -12.1. The summed E-state index contributed by atoms with van der Waals surface area (Å²) in [6, 6.07) is 0. The van der Waals surface area contributed by atoms with E-state index in [-0.39, 0.29) is 0 Å². The van der Waals surface area contributed by atoms with Gasteiger partial charge in [0.1, 0.15) is 6.61 Å². The first-order valence-electron chi connectivity index (χ1n) is 4.21. The molecule has 0 radical (unpaired) electrons. The predicted molar refractivity (Wildman–Crippen MR) is 43.4 cm³/mol. The van der Waals surface area contributed by atoms with Gasteiger partial charge in [0, 0.05) is 0 Å². The molecule has 0 spiro atoms. The molecule has 1 unspecified atom stereocenters. The maximum Gasteiger partial charge on any atom is 0.472 e. The fourth-order valence-electron chi connectivity index (χ4n) is 0.661. The molecule has 0 aliphatic carbocycles. The smallest absolute Gasteiger partial charge is 0.302 e. The standard InChI is InChI=1S/C6H8F7O4P/c1-2-16-18(14,15)17-3-4(7,8)5(9,10)6(11,12)13/h2-3H2,1H3,(H,14,15). The number of rotatable bonds is 6. The summed E-state index contributed by atoms with van der Waals surface area (Å²) in [6.45, 7) is -1.96. The van der Waals surface area contributed by atoms with Crippen LogP contribution in [0, 0.1) is 0 Å². The van der Waals surface area contributed by atoms with Gasteiger partial charge in [0.2, 0.25) is 0 Å². The van der Waals surface area contributed by atoms with Crippen LogP contribution in [0.1, 0.15) is 6.92 Å². The van der Waals surface area contributed by atoms with Crippen LogP contribution in [-0.2, 0) is 13.6 Å². The number of hydrogen-bond donors (Lipinski definition) is 1. The molecule has 110 valence electrons. The summed E-state index contributed by atoms with van der Waals surface area (Å²) in [6.07, 6.45) is -6.52. The molecule has 0 fully saturated rings. The van der Waals surface area contributed by atoms with Crippen molar-refractivity contribution in [2.45, 2.75) is 24.9 Å². The van der Waals surface area contributed by atoms with Crippen LogP contribution in [0.4, 0.5) is 30.7 Å². The van der Waals surface area contributed by atoms with Crippen LogP contribution in [0.2, 0.25) is 0 Å². The van der Waals surface area contributed by atoms with Crippen LogP contribution >= 0.6 is 7.82 Å². The number of alkyl halides is 7. The summed E-state index contributed by atoms with van der Waals surface area (Å²) in [5.41, 5.74) is 0. The zero-order chi connectivity index (χ0) is 14.8. The molecule has 4 nitrogen and oxygen atoms in total. The summed E-state index contributed by atoms with van der Waals surface area (Å²) < 4.78 is 103. The van der Waals surface area contributed by atoms with E-state index in [2.05, 4.69) is 9.05 Å². The Kier molecular flexibility index (Phi) is 5.20. The van der Waals surface area contributed by atoms with Gasteiger partial charge in [-0.05, 0) is 6.92 Å². The Morgan fingerprint density at radius 1 is 1.06 bits per heavy atom. The molecule has 0 heterocycles. The van der Waals surface area contributed by atoms with Crippen molar-refractivity contribution in [3.05, 3.63) is 0 Å². The van der Waals surface area contributed by atoms with E-state index < -0.39 is 39.1 Å². The molecule has 18 heavy (non-hydrogen) atoms. The van der Waals surface area contributed by atoms with Crippen molar-refractivity contribution in [1.29, 1.82) is 0 Å². The van der Waals surface area contributed by atoms with Gasteiger partial charge >= 0.3 is 25.8 Å². The van der Waals surface area contributed by atoms with Gasteiger partial charge in [-0.1, -0.05) is 0 Å². The summed E-state index contributed by atoms with van der Waals surface area (Å²) in [7, 11) is -5.09. The number of halogens is 7. The third-order valence-corrected chi connectivity index (χ3v) is 2.56. The second-order valence-corrected chi connectivity index (χ2v) is 4.39. The molecule has 1 N–H and O–H groups in total. The van der Waals surface area contributed by atoms with E-state index in [9.17, 15) is 35.3 Å². The maximum absolute atomic E-state index is 12.6. The first-order chi connectivity index (χ1) is 7.77. The first-order valence-corrected chi connectivity index (χ1v) is 5.70. The molecule has 0 aromatic carbocycles. The Morgan fingerprint density at radius 3 is 1.83 bits per heavy atom. The molecule has 0 rings (SSSR count). The molecule has 0 saturated carbocycles. The average molecular weight is 308 g/mol. The predicted octanol–water partition coefficient (Wildman–Crippen LogP) is 2.97. The van der Waals surface area contributed by atoms with E-state index in [1.54, 1.807) is 0 Å². The topological polar surface area (TPSA) is 55.8 Å². The van der Waals surface area contributed by atoms with Gasteiger partial charge in [-0.25, -0.2) is 4.57 Å². The van der Waals surface area contributed by atoms with Crippen LogP contribution in [0.5, 0.6) is 0 Å². The van der Waals surface area contributed by atoms with Crippen molar-refractivity contribution in [2.75, 3.05) is 13.2 Å². The third-order valence-electron chi connectivity index (χ3n) is 1.52. The van der Waals surface area contributed by atoms with Crippen molar-refractivity contribution in [3.63, 3.8) is 0 Å². The van der Waals surface area contributed by atoms with Crippen LogP contribution in [-0.4, -0.2) is 36.1 Å². The lowest BCUT2D eigenvalue weighted by Crippen LogP contribution is -2.54. The Morgan fingerprint density at radius 2 is 1.50 bits per heavy atom. The Hall–Kier alpha value is -0.380. The minimum Gasteiger partial charge on any atom is -0.302 e. The van der Waals surface area contributed by atoms with Gasteiger partial charge in [-0.3, -0.25) is 9.05 Å². The fourth-order valence-corrected chi connectivity index (χ4v) is 1.39. The second-order valence-electron chi connectivity index (χ2n) is 2.94. The largest absolute Gasteiger partial charge is 0.472 e. The lowest BCUT2D eigenvalue weighted by molar-refractivity contribution is -0.358. The van der Waals surface area contributed by atoms with Gasteiger partial charge in [-0.15, -0.1) is 0 Å². The average Bonchev–Trinajstić information content (AvgIpc) is 2.13. The highest BCUT2D eigenvalue weighted by molar-refractivity contribution is 7.47. The van der Waals surface area contributed by atoms with Gasteiger partial charge in [0.25, 0.3) is 0 Å². The molecule has 0 bridgehead atoms. The monoisotopic (exact) mass is 308 g/mol. The quantitative estimate of drug-likeness (QED) is 0.605. The van der Waals surface area contributed by atoms with Gasteiger partial charge < -0.3 is 4.89 Å². The minimum absolute atomic E-state index is 0.491. The van der Waals surface area contributed by atoms with Crippen LogP contribution in [0.3, 0.4) is 0 Å². The third kappa shape index (κ3) is 4.08. The lowest BCUT2D eigenvalue weighted by Gasteiger charge is -2.28. The highest BCUT2D eigenvalue weighted by Crippen LogP contribution is 2.50. The van der Waals surface area contributed by atoms with Crippen LogP contribution in [0.15, 0.2) is 0 Å². The van der Waals surface area contributed by atoms with Crippen molar-refractivity contribution < 1.29 is 49.2 Å². The molecule has 0 amide bonds. The molecule has 12 heteroatoms. The Bertz CT molecular complexity index is 328. The Labute approximate surface area is 96.3 Å². The molecular weight excluding hydrogens is 300 g/mol. The van der Waals surface area contributed by atoms with E-state index >= 15 is 0 Å². The van der Waals surface area contributed by atoms with Crippen molar-refractivity contribution in [3.8, 4) is 0 Å². The van der Waals surface area contributed by atoms with E-state index in [0.717, 1.165) is 6.92 Å². The maximum atomic E-state index is 12.6. The highest BCUT2D eigenvalue weighted by Gasteiger charge is 2.73. The molecule has 0 aliphatic rings. The lowest BCUT2D eigenvalue weighted by atomic mass is 10.2. The molecule has 0 saturated heterocycles.